The second-order valence-electron chi connectivity index (χ2n) is 7.69. The van der Waals surface area contributed by atoms with E-state index in [1.54, 1.807) is 25.3 Å². The number of imidazole rings is 1. The van der Waals surface area contributed by atoms with Crippen molar-refractivity contribution in [1.82, 2.24) is 14.5 Å². The van der Waals surface area contributed by atoms with E-state index in [1.807, 2.05) is 35.0 Å². The molecule has 4 nitrogen and oxygen atoms in total. The Balaban J connectivity index is 1.72. The monoisotopic (exact) mass is 425 g/mol. The maximum Gasteiger partial charge on any atom is 0.388 e. The van der Waals surface area contributed by atoms with Crippen molar-refractivity contribution >= 4 is 10.9 Å². The first-order chi connectivity index (χ1) is 14.8. The molecule has 0 aliphatic carbocycles. The number of hydrogen-bond acceptors (Lipinski definition) is 3. The van der Waals surface area contributed by atoms with Crippen LogP contribution in [-0.4, -0.2) is 21.1 Å². The van der Waals surface area contributed by atoms with Crippen molar-refractivity contribution in [1.29, 1.82) is 0 Å². The van der Waals surface area contributed by atoms with Crippen LogP contribution in [0.25, 0.3) is 16.6 Å². The molecule has 0 atom stereocenters. The van der Waals surface area contributed by atoms with Gasteiger partial charge in [-0.2, -0.15) is 8.78 Å². The fourth-order valence-electron chi connectivity index (χ4n) is 3.75. The Kier molecular flexibility index (Phi) is 5.67. The second kappa shape index (κ2) is 8.41. The third-order valence-electron chi connectivity index (χ3n) is 5.30. The van der Waals surface area contributed by atoms with Gasteiger partial charge in [-0.3, -0.25) is 0 Å². The van der Waals surface area contributed by atoms with Gasteiger partial charge in [-0.15, -0.1) is 0 Å². The van der Waals surface area contributed by atoms with Crippen LogP contribution in [0.4, 0.5) is 13.2 Å². The lowest BCUT2D eigenvalue weighted by atomic mass is 9.98. The van der Waals surface area contributed by atoms with Gasteiger partial charge < -0.3 is 9.30 Å². The third-order valence-corrected chi connectivity index (χ3v) is 5.30. The Morgan fingerprint density at radius 1 is 1.06 bits per heavy atom. The Hall–Kier alpha value is -3.35. The van der Waals surface area contributed by atoms with Crippen LogP contribution >= 0.6 is 0 Å². The lowest BCUT2D eigenvalue weighted by molar-refractivity contribution is -0.0532. The Morgan fingerprint density at radius 3 is 2.48 bits per heavy atom. The highest BCUT2D eigenvalue weighted by molar-refractivity contribution is 5.84. The predicted octanol–water partition coefficient (Wildman–Crippen LogP) is 6.18. The van der Waals surface area contributed by atoms with Crippen molar-refractivity contribution in [2.75, 3.05) is 0 Å². The summed E-state index contributed by atoms with van der Waals surface area (Å²) in [5.41, 5.74) is 3.06. The minimum Gasteiger partial charge on any atom is -0.417 e. The van der Waals surface area contributed by atoms with Crippen LogP contribution in [0.3, 0.4) is 0 Å². The first-order valence-electron chi connectivity index (χ1n) is 10.00. The van der Waals surface area contributed by atoms with Gasteiger partial charge in [0.25, 0.3) is 0 Å². The molecule has 0 spiro atoms. The van der Waals surface area contributed by atoms with E-state index in [2.05, 4.69) is 28.6 Å². The van der Waals surface area contributed by atoms with Crippen molar-refractivity contribution in [2.45, 2.75) is 39.7 Å². The molecule has 4 rings (SSSR count). The van der Waals surface area contributed by atoms with E-state index in [0.29, 0.717) is 22.9 Å². The quantitative estimate of drug-likeness (QED) is 0.370. The Morgan fingerprint density at radius 2 is 1.81 bits per heavy atom. The van der Waals surface area contributed by atoms with Crippen LogP contribution in [0.1, 0.15) is 42.3 Å². The molecule has 0 amide bonds. The molecule has 0 saturated carbocycles. The van der Waals surface area contributed by atoms with E-state index in [-0.39, 0.29) is 17.3 Å². The SMILES string of the molecule is Cc1c(Cc2ccc(-n3ccnc3C(C)C)cc2)c(OC(F)F)nc2c(F)cccc12. The molecule has 2 heterocycles. The lowest BCUT2D eigenvalue weighted by Gasteiger charge is -2.16. The zero-order chi connectivity index (χ0) is 22.1. The van der Waals surface area contributed by atoms with E-state index >= 15 is 0 Å². The molecule has 0 unspecified atom stereocenters. The molecule has 2 aromatic carbocycles. The second-order valence-corrected chi connectivity index (χ2v) is 7.69. The highest BCUT2D eigenvalue weighted by atomic mass is 19.3. The smallest absolute Gasteiger partial charge is 0.388 e. The van der Waals surface area contributed by atoms with E-state index in [4.69, 9.17) is 0 Å². The van der Waals surface area contributed by atoms with Gasteiger partial charge in [0, 0.05) is 41.4 Å². The molecule has 31 heavy (non-hydrogen) atoms. The highest BCUT2D eigenvalue weighted by Crippen LogP contribution is 2.32. The summed E-state index contributed by atoms with van der Waals surface area (Å²) in [4.78, 5) is 8.48. The summed E-state index contributed by atoms with van der Waals surface area (Å²) in [7, 11) is 0. The zero-order valence-electron chi connectivity index (χ0n) is 17.4. The van der Waals surface area contributed by atoms with Gasteiger partial charge >= 0.3 is 6.61 Å². The van der Waals surface area contributed by atoms with Gasteiger partial charge in [0.05, 0.1) is 0 Å². The van der Waals surface area contributed by atoms with Gasteiger partial charge in [-0.25, -0.2) is 14.4 Å². The number of rotatable bonds is 6. The van der Waals surface area contributed by atoms with Crippen LogP contribution in [0, 0.1) is 12.7 Å². The number of nitrogens with zero attached hydrogens (tertiary/aromatic N) is 3. The van der Waals surface area contributed by atoms with Gasteiger partial charge in [0.15, 0.2) is 0 Å². The standard InChI is InChI=1S/C24H22F3N3O/c1-14(2)22-28-11-12-30(22)17-9-7-16(8-10-17)13-19-15(3)18-5-4-6-20(25)21(18)29-23(19)31-24(26)27/h4-12,14,24H,13H2,1-3H3. The first kappa shape index (κ1) is 20.9. The average Bonchev–Trinajstić information content (AvgIpc) is 3.22. The van der Waals surface area contributed by atoms with E-state index in [9.17, 15) is 13.2 Å². The molecule has 4 aromatic rings. The van der Waals surface area contributed by atoms with Gasteiger partial charge in [-0.05, 0) is 36.2 Å². The molecule has 0 bridgehead atoms. The third kappa shape index (κ3) is 4.13. The van der Waals surface area contributed by atoms with Crippen LogP contribution in [0.15, 0.2) is 54.9 Å². The number of alkyl halides is 2. The number of benzene rings is 2. The summed E-state index contributed by atoms with van der Waals surface area (Å²) in [6.07, 6.45) is 4.00. The normalized spacial score (nSPS) is 11.6. The number of hydrogen-bond donors (Lipinski definition) is 0. The lowest BCUT2D eigenvalue weighted by Crippen LogP contribution is -2.09. The molecule has 0 radical (unpaired) electrons. The number of aryl methyl sites for hydroxylation is 1. The van der Waals surface area contributed by atoms with Crippen molar-refractivity contribution in [3.8, 4) is 11.6 Å². The molecule has 0 fully saturated rings. The fraction of sp³-hybridized carbons (Fsp3) is 0.250. The number of para-hydroxylation sites is 1. The number of ether oxygens (including phenoxy) is 1. The summed E-state index contributed by atoms with van der Waals surface area (Å²) in [6.45, 7) is 2.88. The number of fused-ring (bicyclic) bond motifs is 1. The van der Waals surface area contributed by atoms with Crippen LogP contribution in [-0.2, 0) is 6.42 Å². The van der Waals surface area contributed by atoms with Gasteiger partial charge in [0.2, 0.25) is 5.88 Å². The minimum atomic E-state index is -3.05. The van der Waals surface area contributed by atoms with Crippen LogP contribution in [0.2, 0.25) is 0 Å². The fourth-order valence-corrected chi connectivity index (χ4v) is 3.75. The highest BCUT2D eigenvalue weighted by Gasteiger charge is 2.19. The first-order valence-corrected chi connectivity index (χ1v) is 10.00. The van der Waals surface area contributed by atoms with Crippen molar-refractivity contribution in [3.05, 3.63) is 83.2 Å². The largest absolute Gasteiger partial charge is 0.417 e. The maximum absolute atomic E-state index is 14.2. The molecule has 7 heteroatoms. The Bertz CT molecular complexity index is 1220. The number of halogens is 3. The van der Waals surface area contributed by atoms with E-state index < -0.39 is 12.4 Å². The predicted molar refractivity (Wildman–Crippen MR) is 114 cm³/mol. The molecular formula is C24H22F3N3O. The molecule has 0 saturated heterocycles. The minimum absolute atomic E-state index is 0.0241. The van der Waals surface area contributed by atoms with Gasteiger partial charge in [0.1, 0.15) is 17.2 Å². The zero-order valence-corrected chi connectivity index (χ0v) is 17.4. The van der Waals surface area contributed by atoms with Crippen LogP contribution in [0.5, 0.6) is 5.88 Å². The number of pyridine rings is 1. The summed E-state index contributed by atoms with van der Waals surface area (Å²) < 4.78 is 46.9. The van der Waals surface area contributed by atoms with Crippen molar-refractivity contribution in [2.24, 2.45) is 0 Å². The Labute approximate surface area is 178 Å². The molecule has 2 aromatic heterocycles. The van der Waals surface area contributed by atoms with Crippen LogP contribution < -0.4 is 4.74 Å². The summed E-state index contributed by atoms with van der Waals surface area (Å²) in [6, 6.07) is 12.3. The van der Waals surface area contributed by atoms with E-state index in [1.165, 1.54) is 6.07 Å². The molecule has 160 valence electrons. The van der Waals surface area contributed by atoms with Crippen molar-refractivity contribution in [3.63, 3.8) is 0 Å². The van der Waals surface area contributed by atoms with Gasteiger partial charge in [-0.1, -0.05) is 38.1 Å². The summed E-state index contributed by atoms with van der Waals surface area (Å²) in [5, 5.41) is 0.577. The summed E-state index contributed by atoms with van der Waals surface area (Å²) >= 11 is 0. The molecule has 0 aliphatic heterocycles. The number of aromatic nitrogens is 3. The average molecular weight is 425 g/mol. The van der Waals surface area contributed by atoms with E-state index in [0.717, 1.165) is 17.1 Å². The van der Waals surface area contributed by atoms with Crippen molar-refractivity contribution < 1.29 is 17.9 Å². The molecule has 0 aliphatic rings. The maximum atomic E-state index is 14.2. The topological polar surface area (TPSA) is 39.9 Å². The molecule has 0 N–H and O–H groups in total. The summed E-state index contributed by atoms with van der Waals surface area (Å²) in [5.74, 6) is 0.412. The molecular weight excluding hydrogens is 403 g/mol.